The smallest absolute Gasteiger partial charge is 0.247 e. The molecule has 2 atom stereocenters. The molecule has 148 valence electrons. The van der Waals surface area contributed by atoms with Crippen molar-refractivity contribution in [1.82, 2.24) is 14.7 Å². The van der Waals surface area contributed by atoms with Crippen LogP contribution in [0.5, 0.6) is 0 Å². The van der Waals surface area contributed by atoms with Gasteiger partial charge < -0.3 is 0 Å². The van der Waals surface area contributed by atoms with E-state index in [2.05, 4.69) is 60.9 Å². The van der Waals surface area contributed by atoms with Gasteiger partial charge in [0.15, 0.2) is 0 Å². The predicted molar refractivity (Wildman–Crippen MR) is 107 cm³/mol. The lowest BCUT2D eigenvalue weighted by Crippen LogP contribution is -2.53. The Kier molecular flexibility index (Phi) is 6.66. The number of nitrogens with zero attached hydrogens (tertiary/aromatic N) is 3. The standard InChI is InChI=1S/C22H33N3O2/c1-4-19(18-8-6-5-7-9-18)23-12-14-24(15-13-23)20-16-21(26)25(22(20)27)11-10-17(2)3/h5-9,17,19-20H,4,10-16H2,1-3H3. The number of amides is 2. The van der Waals surface area contributed by atoms with Crippen LogP contribution in [0.3, 0.4) is 0 Å². The van der Waals surface area contributed by atoms with Crippen molar-refractivity contribution in [2.24, 2.45) is 5.92 Å². The van der Waals surface area contributed by atoms with Crippen molar-refractivity contribution < 1.29 is 9.59 Å². The van der Waals surface area contributed by atoms with Crippen LogP contribution < -0.4 is 0 Å². The highest BCUT2D eigenvalue weighted by Crippen LogP contribution is 2.27. The van der Waals surface area contributed by atoms with Gasteiger partial charge in [-0.3, -0.25) is 24.3 Å². The minimum atomic E-state index is -0.247. The Morgan fingerprint density at radius 2 is 1.70 bits per heavy atom. The van der Waals surface area contributed by atoms with Gasteiger partial charge in [0.2, 0.25) is 11.8 Å². The third-order valence-electron chi connectivity index (χ3n) is 5.95. The molecule has 2 aliphatic heterocycles. The molecule has 0 N–H and O–H groups in total. The maximum atomic E-state index is 12.8. The molecule has 0 bridgehead atoms. The van der Waals surface area contributed by atoms with Crippen LogP contribution in [-0.2, 0) is 9.59 Å². The molecule has 2 aliphatic rings. The van der Waals surface area contributed by atoms with E-state index in [1.807, 2.05) is 0 Å². The maximum Gasteiger partial charge on any atom is 0.247 e. The zero-order chi connectivity index (χ0) is 19.4. The van der Waals surface area contributed by atoms with Gasteiger partial charge in [-0.25, -0.2) is 0 Å². The fourth-order valence-corrected chi connectivity index (χ4v) is 4.31. The summed E-state index contributed by atoms with van der Waals surface area (Å²) in [6, 6.07) is 10.8. The molecule has 0 aliphatic carbocycles. The van der Waals surface area contributed by atoms with Gasteiger partial charge in [-0.15, -0.1) is 0 Å². The second-order valence-corrected chi connectivity index (χ2v) is 8.19. The van der Waals surface area contributed by atoms with Crippen molar-refractivity contribution in [2.75, 3.05) is 32.7 Å². The Hall–Kier alpha value is -1.72. The number of imide groups is 1. The number of carbonyl (C=O) groups is 2. The zero-order valence-corrected chi connectivity index (χ0v) is 16.9. The van der Waals surface area contributed by atoms with Crippen LogP contribution in [0.25, 0.3) is 0 Å². The summed E-state index contributed by atoms with van der Waals surface area (Å²) in [5, 5.41) is 0. The number of likely N-dealkylation sites (tertiary alicyclic amines) is 1. The largest absolute Gasteiger partial charge is 0.294 e. The Balaban J connectivity index is 1.57. The van der Waals surface area contributed by atoms with E-state index in [4.69, 9.17) is 0 Å². The first-order valence-electron chi connectivity index (χ1n) is 10.4. The van der Waals surface area contributed by atoms with Gasteiger partial charge in [0.25, 0.3) is 0 Å². The van der Waals surface area contributed by atoms with E-state index in [0.717, 1.165) is 39.0 Å². The first-order valence-corrected chi connectivity index (χ1v) is 10.4. The maximum absolute atomic E-state index is 12.8. The van der Waals surface area contributed by atoms with Gasteiger partial charge in [0.05, 0.1) is 12.5 Å². The number of benzene rings is 1. The van der Waals surface area contributed by atoms with Gasteiger partial charge >= 0.3 is 0 Å². The normalized spacial score (nSPS) is 23.4. The number of hydrogen-bond acceptors (Lipinski definition) is 4. The van der Waals surface area contributed by atoms with E-state index in [9.17, 15) is 9.59 Å². The summed E-state index contributed by atoms with van der Waals surface area (Å²) < 4.78 is 0. The lowest BCUT2D eigenvalue weighted by molar-refractivity contribution is -0.140. The molecule has 1 aromatic rings. The van der Waals surface area contributed by atoms with Crippen LogP contribution in [0.2, 0.25) is 0 Å². The molecule has 0 aromatic heterocycles. The van der Waals surface area contributed by atoms with Gasteiger partial charge in [-0.2, -0.15) is 0 Å². The van der Waals surface area contributed by atoms with Crippen molar-refractivity contribution in [2.45, 2.75) is 52.1 Å². The van der Waals surface area contributed by atoms with Gasteiger partial charge in [0.1, 0.15) is 0 Å². The molecular weight excluding hydrogens is 338 g/mol. The van der Waals surface area contributed by atoms with Gasteiger partial charge in [-0.1, -0.05) is 51.1 Å². The van der Waals surface area contributed by atoms with E-state index in [1.54, 1.807) is 0 Å². The fourth-order valence-electron chi connectivity index (χ4n) is 4.31. The molecule has 0 spiro atoms. The number of rotatable bonds is 7. The molecule has 27 heavy (non-hydrogen) atoms. The van der Waals surface area contributed by atoms with E-state index < -0.39 is 0 Å². The molecule has 0 saturated carbocycles. The summed E-state index contributed by atoms with van der Waals surface area (Å²) in [5.74, 6) is 0.519. The lowest BCUT2D eigenvalue weighted by atomic mass is 10.0. The topological polar surface area (TPSA) is 43.9 Å². The Labute approximate surface area is 163 Å². The minimum Gasteiger partial charge on any atom is -0.294 e. The number of carbonyl (C=O) groups excluding carboxylic acids is 2. The molecule has 2 unspecified atom stereocenters. The second kappa shape index (κ2) is 8.98. The summed E-state index contributed by atoms with van der Waals surface area (Å²) in [7, 11) is 0. The predicted octanol–water partition coefficient (Wildman–Crippen LogP) is 2.93. The highest BCUT2D eigenvalue weighted by atomic mass is 16.2. The summed E-state index contributed by atoms with van der Waals surface area (Å²) in [5.41, 5.74) is 1.36. The van der Waals surface area contributed by atoms with Crippen LogP contribution >= 0.6 is 0 Å². The van der Waals surface area contributed by atoms with Crippen molar-refractivity contribution >= 4 is 11.8 Å². The monoisotopic (exact) mass is 371 g/mol. The average molecular weight is 372 g/mol. The first-order chi connectivity index (χ1) is 13.0. The molecular formula is C22H33N3O2. The van der Waals surface area contributed by atoms with E-state index in [1.165, 1.54) is 10.5 Å². The molecule has 2 fully saturated rings. The Morgan fingerprint density at radius 1 is 1.04 bits per heavy atom. The first kappa shape index (κ1) is 20.0. The quantitative estimate of drug-likeness (QED) is 0.691. The Bertz CT molecular complexity index is 638. The third-order valence-corrected chi connectivity index (χ3v) is 5.95. The lowest BCUT2D eigenvalue weighted by Gasteiger charge is -2.40. The SMILES string of the molecule is CCC(c1ccccc1)N1CCN(C2CC(=O)N(CCC(C)C)C2=O)CC1. The van der Waals surface area contributed by atoms with Gasteiger partial charge in [-0.05, 0) is 24.3 Å². The number of hydrogen-bond donors (Lipinski definition) is 0. The van der Waals surface area contributed by atoms with Crippen LogP contribution in [0, 0.1) is 5.92 Å². The molecule has 2 heterocycles. The summed E-state index contributed by atoms with van der Waals surface area (Å²) in [4.78, 5) is 31.3. The Morgan fingerprint density at radius 3 is 2.30 bits per heavy atom. The fraction of sp³-hybridized carbons (Fsp3) is 0.636. The van der Waals surface area contributed by atoms with Gasteiger partial charge in [0, 0.05) is 38.8 Å². The molecule has 5 nitrogen and oxygen atoms in total. The summed E-state index contributed by atoms with van der Waals surface area (Å²) >= 11 is 0. The van der Waals surface area contributed by atoms with E-state index in [-0.39, 0.29) is 17.9 Å². The highest BCUT2D eigenvalue weighted by Gasteiger charge is 2.42. The van der Waals surface area contributed by atoms with Crippen molar-refractivity contribution in [3.05, 3.63) is 35.9 Å². The van der Waals surface area contributed by atoms with Crippen molar-refractivity contribution in [1.29, 1.82) is 0 Å². The van der Waals surface area contributed by atoms with E-state index in [0.29, 0.717) is 24.9 Å². The van der Waals surface area contributed by atoms with Crippen molar-refractivity contribution in [3.8, 4) is 0 Å². The zero-order valence-electron chi connectivity index (χ0n) is 16.9. The second-order valence-electron chi connectivity index (χ2n) is 8.19. The molecule has 2 amide bonds. The minimum absolute atomic E-state index is 0.00352. The van der Waals surface area contributed by atoms with E-state index >= 15 is 0 Å². The number of piperazine rings is 1. The van der Waals surface area contributed by atoms with Crippen molar-refractivity contribution in [3.63, 3.8) is 0 Å². The van der Waals surface area contributed by atoms with Crippen LogP contribution in [0.1, 0.15) is 51.6 Å². The molecule has 1 aromatic carbocycles. The highest BCUT2D eigenvalue weighted by molar-refractivity contribution is 6.05. The third kappa shape index (κ3) is 4.58. The summed E-state index contributed by atoms with van der Waals surface area (Å²) in [6.07, 6.45) is 2.31. The molecule has 0 radical (unpaired) electrons. The van der Waals surface area contributed by atoms with Crippen LogP contribution in [-0.4, -0.2) is 65.3 Å². The van der Waals surface area contributed by atoms with Crippen LogP contribution in [0.4, 0.5) is 0 Å². The molecule has 2 saturated heterocycles. The molecule has 5 heteroatoms. The summed E-state index contributed by atoms with van der Waals surface area (Å²) in [6.45, 7) is 10.6. The average Bonchev–Trinajstić information content (AvgIpc) is 2.96. The molecule has 3 rings (SSSR count). The van der Waals surface area contributed by atoms with Crippen LogP contribution in [0.15, 0.2) is 30.3 Å².